The second-order valence-electron chi connectivity index (χ2n) is 8.53. The van der Waals surface area contributed by atoms with Crippen molar-refractivity contribution in [1.29, 1.82) is 0 Å². The fourth-order valence-corrected chi connectivity index (χ4v) is 4.28. The summed E-state index contributed by atoms with van der Waals surface area (Å²) in [6, 6.07) is 0. The summed E-state index contributed by atoms with van der Waals surface area (Å²) in [6.07, 6.45) is 7.33. The molecule has 2 fully saturated rings. The molecule has 0 amide bonds. The van der Waals surface area contributed by atoms with Gasteiger partial charge in [0.1, 0.15) is 0 Å². The summed E-state index contributed by atoms with van der Waals surface area (Å²) in [6.45, 7) is 5.06. The van der Waals surface area contributed by atoms with Gasteiger partial charge in [-0.25, -0.2) is 4.79 Å². The molecule has 3 aliphatic heterocycles. The topological polar surface area (TPSA) is 85.2 Å². The number of ether oxygens (including phenoxy) is 3. The average Bonchev–Trinajstić information content (AvgIpc) is 2.92. The van der Waals surface area contributed by atoms with Crippen molar-refractivity contribution in [2.75, 3.05) is 13.2 Å². The molecule has 0 saturated carbocycles. The lowest BCUT2D eigenvalue weighted by atomic mass is 9.83. The number of hydrogen-bond acceptors (Lipinski definition) is 6. The number of aliphatic hydroxyl groups excluding tert-OH is 1. The van der Waals surface area contributed by atoms with Crippen molar-refractivity contribution >= 4 is 5.97 Å². The van der Waals surface area contributed by atoms with Crippen LogP contribution in [0, 0.1) is 11.8 Å². The van der Waals surface area contributed by atoms with Crippen LogP contribution in [0.4, 0.5) is 0 Å². The molecule has 2 saturated heterocycles. The monoisotopic (exact) mass is 368 g/mol. The van der Waals surface area contributed by atoms with Crippen molar-refractivity contribution in [2.45, 2.75) is 82.9 Å². The van der Waals surface area contributed by atoms with Crippen LogP contribution in [-0.2, 0) is 19.0 Å². The van der Waals surface area contributed by atoms with E-state index in [1.165, 1.54) is 6.08 Å². The quantitative estimate of drug-likeness (QED) is 0.700. The molecule has 3 heterocycles. The minimum Gasteiger partial charge on any atom is -0.429 e. The smallest absolute Gasteiger partial charge is 0.333 e. The van der Waals surface area contributed by atoms with E-state index in [1.807, 2.05) is 13.8 Å². The summed E-state index contributed by atoms with van der Waals surface area (Å²) in [5.41, 5.74) is -0.0908. The Morgan fingerprint density at radius 1 is 1.15 bits per heavy atom. The van der Waals surface area contributed by atoms with Gasteiger partial charge in [-0.05, 0) is 64.7 Å². The zero-order chi connectivity index (χ0) is 18.7. The van der Waals surface area contributed by atoms with Crippen LogP contribution in [0.3, 0.4) is 0 Å². The first-order valence-electron chi connectivity index (χ1n) is 9.87. The molecule has 6 heteroatoms. The molecule has 2 N–H and O–H groups in total. The van der Waals surface area contributed by atoms with Gasteiger partial charge in [-0.2, -0.15) is 0 Å². The Morgan fingerprint density at radius 3 is 2.50 bits per heavy atom. The predicted octanol–water partition coefficient (Wildman–Crippen LogP) is 2.32. The van der Waals surface area contributed by atoms with Crippen molar-refractivity contribution in [1.82, 2.24) is 0 Å². The summed E-state index contributed by atoms with van der Waals surface area (Å²) in [4.78, 5) is 11.1. The summed E-state index contributed by atoms with van der Waals surface area (Å²) in [7, 11) is 0. The molecule has 26 heavy (non-hydrogen) atoms. The molecule has 0 aromatic carbocycles. The highest BCUT2D eigenvalue weighted by Gasteiger charge is 2.36. The van der Waals surface area contributed by atoms with Crippen LogP contribution in [0.5, 0.6) is 0 Å². The van der Waals surface area contributed by atoms with Crippen molar-refractivity contribution in [2.24, 2.45) is 11.8 Å². The molecule has 0 spiro atoms. The number of rotatable bonds is 6. The zero-order valence-electron chi connectivity index (χ0n) is 15.9. The van der Waals surface area contributed by atoms with Gasteiger partial charge in [0.25, 0.3) is 0 Å². The summed E-state index contributed by atoms with van der Waals surface area (Å²) < 4.78 is 16.7. The molecule has 0 aromatic heterocycles. The molecule has 3 aliphatic rings. The van der Waals surface area contributed by atoms with Crippen molar-refractivity contribution in [3.8, 4) is 0 Å². The van der Waals surface area contributed by atoms with Gasteiger partial charge < -0.3 is 24.4 Å². The van der Waals surface area contributed by atoms with Gasteiger partial charge >= 0.3 is 5.97 Å². The highest BCUT2D eigenvalue weighted by Crippen LogP contribution is 2.34. The number of esters is 1. The molecule has 0 bridgehead atoms. The predicted molar refractivity (Wildman–Crippen MR) is 95.3 cm³/mol. The van der Waals surface area contributed by atoms with Gasteiger partial charge in [-0.3, -0.25) is 0 Å². The van der Waals surface area contributed by atoms with Crippen LogP contribution in [0.1, 0.15) is 58.8 Å². The fourth-order valence-electron chi connectivity index (χ4n) is 4.28. The molecular weight excluding hydrogens is 336 g/mol. The first-order valence-corrected chi connectivity index (χ1v) is 9.87. The standard InChI is InChI=1S/C20H32O6/c1-20(2,23)17-9-7-15(12-25-17)16-8-6-13(11-24-16)4-3-5-14-10-18(21)26-19(14)22/h10,13,15-17,19,22-23H,3-9,11-12H2,1-2H3/t13-,15-,16+,17+,19?/m1/s1. The summed E-state index contributed by atoms with van der Waals surface area (Å²) in [5.74, 6) is 0.519. The van der Waals surface area contributed by atoms with Gasteiger partial charge in [-0.15, -0.1) is 0 Å². The molecule has 148 valence electrons. The van der Waals surface area contributed by atoms with Crippen LogP contribution < -0.4 is 0 Å². The number of aliphatic hydroxyl groups is 2. The lowest BCUT2D eigenvalue weighted by molar-refractivity contribution is -0.151. The Kier molecular flexibility index (Phi) is 6.38. The second-order valence-corrected chi connectivity index (χ2v) is 8.53. The van der Waals surface area contributed by atoms with Gasteiger partial charge in [0.05, 0.1) is 24.4 Å². The van der Waals surface area contributed by atoms with Gasteiger partial charge in [-0.1, -0.05) is 0 Å². The largest absolute Gasteiger partial charge is 0.429 e. The lowest BCUT2D eigenvalue weighted by Gasteiger charge is -2.40. The van der Waals surface area contributed by atoms with Crippen LogP contribution in [0.15, 0.2) is 11.6 Å². The van der Waals surface area contributed by atoms with E-state index in [4.69, 9.17) is 14.2 Å². The van der Waals surface area contributed by atoms with E-state index in [9.17, 15) is 15.0 Å². The molecule has 1 unspecified atom stereocenters. The van der Waals surface area contributed by atoms with E-state index in [1.54, 1.807) is 0 Å². The lowest BCUT2D eigenvalue weighted by Crippen LogP contribution is -2.45. The minimum absolute atomic E-state index is 0.0776. The Bertz CT molecular complexity index is 507. The van der Waals surface area contributed by atoms with E-state index >= 15 is 0 Å². The summed E-state index contributed by atoms with van der Waals surface area (Å²) in [5, 5.41) is 19.6. The Balaban J connectivity index is 1.33. The SMILES string of the molecule is CC(C)(O)[C@@H]1CC[C@@H]([C@@H]2CC[C@@H](CCCC3=CC(=O)OC3O)CO2)CO1. The van der Waals surface area contributed by atoms with E-state index in [0.29, 0.717) is 30.4 Å². The third kappa shape index (κ3) is 5.06. The fraction of sp³-hybridized carbons (Fsp3) is 0.850. The van der Waals surface area contributed by atoms with Crippen LogP contribution in [-0.4, -0.2) is 53.5 Å². The molecule has 0 aliphatic carbocycles. The first-order chi connectivity index (χ1) is 12.3. The van der Waals surface area contributed by atoms with E-state index in [2.05, 4.69) is 0 Å². The number of carbonyl (C=O) groups is 1. The van der Waals surface area contributed by atoms with E-state index < -0.39 is 17.9 Å². The third-order valence-corrected chi connectivity index (χ3v) is 5.96. The van der Waals surface area contributed by atoms with Crippen molar-refractivity contribution in [3.63, 3.8) is 0 Å². The normalized spacial score (nSPS) is 35.9. The maximum absolute atomic E-state index is 11.1. The van der Waals surface area contributed by atoms with E-state index in [0.717, 1.165) is 45.1 Å². The third-order valence-electron chi connectivity index (χ3n) is 5.96. The zero-order valence-corrected chi connectivity index (χ0v) is 15.9. The van der Waals surface area contributed by atoms with Crippen LogP contribution >= 0.6 is 0 Å². The molecule has 0 aromatic rings. The van der Waals surface area contributed by atoms with Gasteiger partial charge in [0.2, 0.25) is 6.29 Å². The van der Waals surface area contributed by atoms with Gasteiger partial charge in [0, 0.05) is 24.2 Å². The molecule has 3 rings (SSSR count). The first kappa shape index (κ1) is 19.8. The number of hydrogen-bond donors (Lipinski definition) is 2. The molecular formula is C20H32O6. The van der Waals surface area contributed by atoms with E-state index in [-0.39, 0.29) is 12.2 Å². The van der Waals surface area contributed by atoms with Gasteiger partial charge in [0.15, 0.2) is 0 Å². The number of cyclic esters (lactones) is 1. The highest BCUT2D eigenvalue weighted by molar-refractivity contribution is 5.85. The molecule has 5 atom stereocenters. The minimum atomic E-state index is -1.05. The van der Waals surface area contributed by atoms with Crippen molar-refractivity contribution in [3.05, 3.63) is 11.6 Å². The Hall–Kier alpha value is -0.950. The highest BCUT2D eigenvalue weighted by atomic mass is 16.6. The maximum Gasteiger partial charge on any atom is 0.333 e. The van der Waals surface area contributed by atoms with Crippen LogP contribution in [0.2, 0.25) is 0 Å². The Labute approximate surface area is 155 Å². The average molecular weight is 368 g/mol. The van der Waals surface area contributed by atoms with Crippen molar-refractivity contribution < 1.29 is 29.2 Å². The Morgan fingerprint density at radius 2 is 1.96 bits per heavy atom. The van der Waals surface area contributed by atoms with Crippen LogP contribution in [0.25, 0.3) is 0 Å². The second kappa shape index (κ2) is 8.38. The number of carbonyl (C=O) groups excluding carboxylic acids is 1. The maximum atomic E-state index is 11.1. The molecule has 6 nitrogen and oxygen atoms in total. The molecule has 0 radical (unpaired) electrons. The summed E-state index contributed by atoms with van der Waals surface area (Å²) >= 11 is 0.